The number of phenolic OH excluding ortho intramolecular Hbond substituents is 1. The zero-order chi connectivity index (χ0) is 14.7. The van der Waals surface area contributed by atoms with Crippen LogP contribution in [0.3, 0.4) is 0 Å². The molecule has 0 fully saturated rings. The van der Waals surface area contributed by atoms with Crippen molar-refractivity contribution in [3.05, 3.63) is 59.2 Å². The van der Waals surface area contributed by atoms with Crippen LogP contribution in [0.5, 0.6) is 5.75 Å². The Labute approximate surface area is 115 Å². The number of carboxylic acid groups (broad SMARTS) is 1. The number of anilines is 1. The maximum atomic E-state index is 12.1. The van der Waals surface area contributed by atoms with Gasteiger partial charge in [0.05, 0.1) is 11.3 Å². The van der Waals surface area contributed by atoms with E-state index in [0.29, 0.717) is 5.56 Å². The fraction of sp³-hybridized carbons (Fsp3) is 0.0667. The van der Waals surface area contributed by atoms with Gasteiger partial charge in [-0.2, -0.15) is 0 Å². The number of aryl methyl sites for hydroxylation is 1. The van der Waals surface area contributed by atoms with E-state index in [1.54, 1.807) is 12.1 Å². The maximum Gasteiger partial charge on any atom is 0.335 e. The molecule has 2 aromatic rings. The Kier molecular flexibility index (Phi) is 3.70. The molecular weight excluding hydrogens is 258 g/mol. The lowest BCUT2D eigenvalue weighted by Crippen LogP contribution is -2.13. The van der Waals surface area contributed by atoms with Crippen LogP contribution in [0.1, 0.15) is 26.3 Å². The highest BCUT2D eigenvalue weighted by Gasteiger charge is 2.12. The number of rotatable bonds is 3. The molecular formula is C15H13NO4. The first-order chi connectivity index (χ1) is 9.49. The van der Waals surface area contributed by atoms with Crippen LogP contribution in [0.2, 0.25) is 0 Å². The molecule has 20 heavy (non-hydrogen) atoms. The second-order valence-electron chi connectivity index (χ2n) is 4.31. The molecule has 102 valence electrons. The fourth-order valence-corrected chi connectivity index (χ4v) is 1.79. The molecule has 1 amide bonds. The van der Waals surface area contributed by atoms with Gasteiger partial charge in [-0.1, -0.05) is 18.2 Å². The summed E-state index contributed by atoms with van der Waals surface area (Å²) < 4.78 is 0. The van der Waals surface area contributed by atoms with Crippen molar-refractivity contribution in [3.8, 4) is 5.75 Å². The highest BCUT2D eigenvalue weighted by molar-refractivity contribution is 6.06. The van der Waals surface area contributed by atoms with Crippen molar-refractivity contribution in [2.45, 2.75) is 6.92 Å². The van der Waals surface area contributed by atoms with Crippen LogP contribution >= 0.6 is 0 Å². The van der Waals surface area contributed by atoms with E-state index in [1.165, 1.54) is 12.1 Å². The molecule has 0 saturated carbocycles. The van der Waals surface area contributed by atoms with E-state index in [9.17, 15) is 14.7 Å². The van der Waals surface area contributed by atoms with Crippen molar-refractivity contribution in [1.82, 2.24) is 0 Å². The molecule has 0 spiro atoms. The molecule has 0 saturated heterocycles. The third-order valence-electron chi connectivity index (χ3n) is 2.88. The Hall–Kier alpha value is -2.82. The van der Waals surface area contributed by atoms with Gasteiger partial charge in [-0.3, -0.25) is 4.79 Å². The number of nitrogens with one attached hydrogen (secondary N) is 1. The molecule has 0 atom stereocenters. The van der Waals surface area contributed by atoms with Crippen LogP contribution in [0.15, 0.2) is 42.5 Å². The van der Waals surface area contributed by atoms with Crippen LogP contribution in [0, 0.1) is 6.92 Å². The van der Waals surface area contributed by atoms with Gasteiger partial charge in [0.1, 0.15) is 5.75 Å². The van der Waals surface area contributed by atoms with Crippen molar-refractivity contribution >= 4 is 17.6 Å². The van der Waals surface area contributed by atoms with Gasteiger partial charge in [0.15, 0.2) is 0 Å². The minimum atomic E-state index is -1.14. The number of aromatic hydroxyl groups is 1. The normalized spacial score (nSPS) is 10.1. The van der Waals surface area contributed by atoms with Crippen molar-refractivity contribution in [1.29, 1.82) is 0 Å². The monoisotopic (exact) mass is 271 g/mol. The van der Waals surface area contributed by atoms with Crippen LogP contribution in [0.25, 0.3) is 0 Å². The summed E-state index contributed by atoms with van der Waals surface area (Å²) in [5, 5.41) is 21.1. The molecule has 5 heteroatoms. The van der Waals surface area contributed by atoms with E-state index in [-0.39, 0.29) is 22.9 Å². The maximum absolute atomic E-state index is 12.1. The van der Waals surface area contributed by atoms with Crippen molar-refractivity contribution < 1.29 is 19.8 Å². The number of phenols is 1. The summed E-state index contributed by atoms with van der Waals surface area (Å²) >= 11 is 0. The summed E-state index contributed by atoms with van der Waals surface area (Å²) in [6.45, 7) is 1.81. The smallest absolute Gasteiger partial charge is 0.335 e. The zero-order valence-corrected chi connectivity index (χ0v) is 10.8. The quantitative estimate of drug-likeness (QED) is 0.749. The minimum Gasteiger partial charge on any atom is -0.506 e. The van der Waals surface area contributed by atoms with Crippen LogP contribution in [-0.2, 0) is 0 Å². The second-order valence-corrected chi connectivity index (χ2v) is 4.31. The molecule has 0 radical (unpaired) electrons. The average molecular weight is 271 g/mol. The van der Waals surface area contributed by atoms with Gasteiger partial charge in [0, 0.05) is 5.56 Å². The zero-order valence-electron chi connectivity index (χ0n) is 10.8. The first-order valence-electron chi connectivity index (χ1n) is 5.92. The third-order valence-corrected chi connectivity index (χ3v) is 2.88. The van der Waals surface area contributed by atoms with Gasteiger partial charge >= 0.3 is 5.97 Å². The van der Waals surface area contributed by atoms with E-state index < -0.39 is 5.97 Å². The summed E-state index contributed by atoms with van der Waals surface area (Å²) in [5.74, 6) is -1.79. The number of hydrogen-bond donors (Lipinski definition) is 3. The number of hydrogen-bond acceptors (Lipinski definition) is 3. The lowest BCUT2D eigenvalue weighted by molar-refractivity contribution is 0.0696. The Bertz CT molecular complexity index is 679. The Morgan fingerprint density at radius 1 is 1.10 bits per heavy atom. The second kappa shape index (κ2) is 5.44. The average Bonchev–Trinajstić information content (AvgIpc) is 2.41. The number of benzene rings is 2. The number of carbonyl (C=O) groups is 2. The van der Waals surface area contributed by atoms with E-state index in [1.807, 2.05) is 19.1 Å². The first kappa shape index (κ1) is 13.6. The van der Waals surface area contributed by atoms with Gasteiger partial charge in [0.25, 0.3) is 5.91 Å². The van der Waals surface area contributed by atoms with E-state index in [2.05, 4.69) is 5.32 Å². The number of carbonyl (C=O) groups excluding carboxylic acids is 1. The molecule has 0 aliphatic carbocycles. The molecule has 0 bridgehead atoms. The summed E-state index contributed by atoms with van der Waals surface area (Å²) in [4.78, 5) is 22.8. The van der Waals surface area contributed by atoms with E-state index in [0.717, 1.165) is 11.6 Å². The Morgan fingerprint density at radius 2 is 1.80 bits per heavy atom. The van der Waals surface area contributed by atoms with Gasteiger partial charge in [-0.15, -0.1) is 0 Å². The Morgan fingerprint density at radius 3 is 2.40 bits per heavy atom. The number of carboxylic acids is 1. The summed E-state index contributed by atoms with van der Waals surface area (Å²) in [7, 11) is 0. The number of amides is 1. The molecule has 0 heterocycles. The SMILES string of the molecule is Cc1ccccc1C(=O)Nc1ccc(C(=O)O)cc1O. The molecule has 2 aromatic carbocycles. The molecule has 0 aliphatic rings. The van der Waals surface area contributed by atoms with Crippen LogP contribution < -0.4 is 5.32 Å². The predicted octanol–water partition coefficient (Wildman–Crippen LogP) is 2.65. The van der Waals surface area contributed by atoms with Gasteiger partial charge in [-0.25, -0.2) is 4.79 Å². The molecule has 2 rings (SSSR count). The van der Waals surface area contributed by atoms with Crippen molar-refractivity contribution in [2.24, 2.45) is 0 Å². The minimum absolute atomic E-state index is 0.0450. The molecule has 0 aliphatic heterocycles. The molecule has 0 aromatic heterocycles. The lowest BCUT2D eigenvalue weighted by atomic mass is 10.1. The molecule has 0 unspecified atom stereocenters. The van der Waals surface area contributed by atoms with Gasteiger partial charge in [0.2, 0.25) is 0 Å². The van der Waals surface area contributed by atoms with E-state index >= 15 is 0 Å². The van der Waals surface area contributed by atoms with Gasteiger partial charge in [-0.05, 0) is 36.8 Å². The van der Waals surface area contributed by atoms with Crippen LogP contribution in [-0.4, -0.2) is 22.1 Å². The standard InChI is InChI=1S/C15H13NO4/c1-9-4-2-3-5-11(9)14(18)16-12-7-6-10(15(19)20)8-13(12)17/h2-8,17H,1H3,(H,16,18)(H,19,20). The summed E-state index contributed by atoms with van der Waals surface area (Å²) in [5.41, 5.74) is 1.43. The molecule has 5 nitrogen and oxygen atoms in total. The largest absolute Gasteiger partial charge is 0.506 e. The highest BCUT2D eigenvalue weighted by atomic mass is 16.4. The summed E-state index contributed by atoms with van der Waals surface area (Å²) in [6, 6.07) is 10.8. The third kappa shape index (κ3) is 2.77. The van der Waals surface area contributed by atoms with E-state index in [4.69, 9.17) is 5.11 Å². The van der Waals surface area contributed by atoms with Crippen LogP contribution in [0.4, 0.5) is 5.69 Å². The Balaban J connectivity index is 2.25. The highest BCUT2D eigenvalue weighted by Crippen LogP contribution is 2.25. The number of aromatic carboxylic acids is 1. The van der Waals surface area contributed by atoms with Crippen molar-refractivity contribution in [3.63, 3.8) is 0 Å². The summed E-state index contributed by atoms with van der Waals surface area (Å²) in [6.07, 6.45) is 0. The van der Waals surface area contributed by atoms with Gasteiger partial charge < -0.3 is 15.5 Å². The topological polar surface area (TPSA) is 86.6 Å². The fourth-order valence-electron chi connectivity index (χ4n) is 1.79. The predicted molar refractivity (Wildman–Crippen MR) is 74.2 cm³/mol. The molecule has 3 N–H and O–H groups in total. The first-order valence-corrected chi connectivity index (χ1v) is 5.92. The van der Waals surface area contributed by atoms with Crippen molar-refractivity contribution in [2.75, 3.05) is 5.32 Å². The lowest BCUT2D eigenvalue weighted by Gasteiger charge is -2.09.